The van der Waals surface area contributed by atoms with E-state index in [1.54, 1.807) is 11.9 Å². The number of hydrogen-bond donors (Lipinski definition) is 2. The number of hydrogen-bond acceptors (Lipinski definition) is 2. The number of carboxylic acid groups (broad SMARTS) is 1. The van der Waals surface area contributed by atoms with Crippen molar-refractivity contribution >= 4 is 12.0 Å². The number of nitrogens with zero attached hydrogens (tertiary/aromatic N) is 1. The highest BCUT2D eigenvalue weighted by Crippen LogP contribution is 2.32. The molecule has 2 amide bonds. The van der Waals surface area contributed by atoms with Gasteiger partial charge >= 0.3 is 12.0 Å². The average molecular weight is 256 g/mol. The number of carboxylic acids is 1. The summed E-state index contributed by atoms with van der Waals surface area (Å²) >= 11 is 0. The largest absolute Gasteiger partial charge is 0.480 e. The molecular weight excluding hydrogens is 232 g/mol. The molecule has 2 N–H and O–H groups in total. The van der Waals surface area contributed by atoms with Crippen molar-refractivity contribution in [3.63, 3.8) is 0 Å². The number of aliphatic carboxylic acids is 1. The summed E-state index contributed by atoms with van der Waals surface area (Å²) in [6, 6.07) is -0.910. The van der Waals surface area contributed by atoms with Crippen LogP contribution in [0.25, 0.3) is 0 Å². The van der Waals surface area contributed by atoms with E-state index in [2.05, 4.69) is 19.2 Å². The Morgan fingerprint density at radius 2 is 1.89 bits per heavy atom. The Balaban J connectivity index is 2.49. The van der Waals surface area contributed by atoms with Gasteiger partial charge in [-0.2, -0.15) is 0 Å². The fourth-order valence-corrected chi connectivity index (χ4v) is 2.09. The van der Waals surface area contributed by atoms with E-state index in [9.17, 15) is 9.59 Å². The Bertz CT molecular complexity index is 313. The first-order valence-electron chi connectivity index (χ1n) is 6.59. The first-order valence-corrected chi connectivity index (χ1v) is 6.59. The Kier molecular flexibility index (Phi) is 4.99. The number of amides is 2. The van der Waals surface area contributed by atoms with Crippen LogP contribution >= 0.6 is 0 Å². The molecule has 1 fully saturated rings. The maximum Gasteiger partial charge on any atom is 0.326 e. The third-order valence-electron chi connectivity index (χ3n) is 3.43. The second-order valence-corrected chi connectivity index (χ2v) is 5.69. The molecule has 5 heteroatoms. The van der Waals surface area contributed by atoms with E-state index >= 15 is 0 Å². The van der Waals surface area contributed by atoms with Gasteiger partial charge in [0.25, 0.3) is 0 Å². The molecule has 0 spiro atoms. The zero-order valence-corrected chi connectivity index (χ0v) is 11.6. The maximum atomic E-state index is 12.0. The fourth-order valence-electron chi connectivity index (χ4n) is 2.09. The minimum Gasteiger partial charge on any atom is -0.480 e. The monoisotopic (exact) mass is 256 g/mol. The Hall–Kier alpha value is -1.26. The van der Waals surface area contributed by atoms with Crippen LogP contribution in [0.2, 0.25) is 0 Å². The smallest absolute Gasteiger partial charge is 0.326 e. The van der Waals surface area contributed by atoms with Crippen LogP contribution in [0.15, 0.2) is 0 Å². The molecule has 1 aliphatic rings. The van der Waals surface area contributed by atoms with Crippen LogP contribution < -0.4 is 5.32 Å². The summed E-state index contributed by atoms with van der Waals surface area (Å²) in [4.78, 5) is 24.6. The van der Waals surface area contributed by atoms with Gasteiger partial charge < -0.3 is 15.3 Å². The van der Waals surface area contributed by atoms with Crippen LogP contribution in [0.4, 0.5) is 4.79 Å². The van der Waals surface area contributed by atoms with Gasteiger partial charge in [0.05, 0.1) is 0 Å². The molecule has 0 aromatic carbocycles. The number of nitrogens with one attached hydrogen (secondary N) is 1. The molecule has 18 heavy (non-hydrogen) atoms. The third-order valence-corrected chi connectivity index (χ3v) is 3.43. The lowest BCUT2D eigenvalue weighted by atomic mass is 10.0. The summed E-state index contributed by atoms with van der Waals surface area (Å²) in [6.45, 7) is 6.19. The van der Waals surface area contributed by atoms with Crippen LogP contribution in [0, 0.1) is 11.8 Å². The minimum atomic E-state index is -0.934. The van der Waals surface area contributed by atoms with Gasteiger partial charge in [0.2, 0.25) is 0 Å². The Morgan fingerprint density at radius 1 is 1.33 bits per heavy atom. The van der Waals surface area contributed by atoms with E-state index in [0.717, 1.165) is 19.3 Å². The summed E-state index contributed by atoms with van der Waals surface area (Å²) in [7, 11) is 1.72. The van der Waals surface area contributed by atoms with E-state index in [-0.39, 0.29) is 18.0 Å². The Labute approximate surface area is 109 Å². The van der Waals surface area contributed by atoms with Gasteiger partial charge in [-0.3, -0.25) is 0 Å². The van der Waals surface area contributed by atoms with E-state index in [1.165, 1.54) is 0 Å². The lowest BCUT2D eigenvalue weighted by Crippen LogP contribution is -2.50. The Morgan fingerprint density at radius 3 is 2.28 bits per heavy atom. The highest BCUT2D eigenvalue weighted by Gasteiger charge is 2.38. The predicted octanol–water partition coefficient (Wildman–Crippen LogP) is 1.93. The van der Waals surface area contributed by atoms with Gasteiger partial charge in [-0.25, -0.2) is 9.59 Å². The van der Waals surface area contributed by atoms with Crippen LogP contribution in [0.3, 0.4) is 0 Å². The third kappa shape index (κ3) is 4.20. The molecule has 0 aromatic heterocycles. The molecule has 1 saturated carbocycles. The maximum absolute atomic E-state index is 12.0. The summed E-state index contributed by atoms with van der Waals surface area (Å²) in [5, 5.41) is 11.7. The van der Waals surface area contributed by atoms with Crippen molar-refractivity contribution in [1.29, 1.82) is 0 Å². The first kappa shape index (κ1) is 14.8. The predicted molar refractivity (Wildman–Crippen MR) is 69.4 cm³/mol. The molecule has 0 aliphatic heterocycles. The highest BCUT2D eigenvalue weighted by molar-refractivity contribution is 5.83. The van der Waals surface area contributed by atoms with Crippen molar-refractivity contribution < 1.29 is 14.7 Å². The average Bonchev–Trinajstić information content (AvgIpc) is 3.06. The van der Waals surface area contributed by atoms with Crippen molar-refractivity contribution in [3.8, 4) is 0 Å². The van der Waals surface area contributed by atoms with Crippen LogP contribution in [0.5, 0.6) is 0 Å². The highest BCUT2D eigenvalue weighted by atomic mass is 16.4. The molecule has 1 rings (SSSR count). The van der Waals surface area contributed by atoms with Gasteiger partial charge in [0.1, 0.15) is 6.04 Å². The molecule has 5 nitrogen and oxygen atoms in total. The van der Waals surface area contributed by atoms with Crippen LogP contribution in [-0.2, 0) is 4.79 Å². The van der Waals surface area contributed by atoms with E-state index in [1.807, 2.05) is 6.92 Å². The van der Waals surface area contributed by atoms with E-state index in [0.29, 0.717) is 5.92 Å². The first-order chi connectivity index (χ1) is 8.32. The molecule has 2 atom stereocenters. The van der Waals surface area contributed by atoms with E-state index in [4.69, 9.17) is 5.11 Å². The normalized spacial score (nSPS) is 18.3. The number of urea groups is 1. The molecule has 104 valence electrons. The molecule has 0 heterocycles. The fraction of sp³-hybridized carbons (Fsp3) is 0.846. The van der Waals surface area contributed by atoms with Gasteiger partial charge in [0.15, 0.2) is 0 Å². The summed E-state index contributed by atoms with van der Waals surface area (Å²) in [6.07, 6.45) is 2.69. The minimum absolute atomic E-state index is 0.110. The van der Waals surface area contributed by atoms with Gasteiger partial charge in [-0.1, -0.05) is 13.8 Å². The quantitative estimate of drug-likeness (QED) is 0.763. The molecule has 0 radical (unpaired) electrons. The molecule has 0 bridgehead atoms. The summed E-state index contributed by atoms with van der Waals surface area (Å²) < 4.78 is 0. The summed E-state index contributed by atoms with van der Waals surface area (Å²) in [5.74, 6) is -0.315. The van der Waals surface area contributed by atoms with Crippen molar-refractivity contribution in [2.24, 2.45) is 11.8 Å². The number of carbonyl (C=O) groups excluding carboxylic acids is 1. The molecule has 2 unspecified atom stereocenters. The van der Waals surface area contributed by atoms with Gasteiger partial charge in [-0.05, 0) is 38.0 Å². The zero-order valence-electron chi connectivity index (χ0n) is 11.6. The van der Waals surface area contributed by atoms with Crippen molar-refractivity contribution in [2.75, 3.05) is 7.05 Å². The number of rotatable bonds is 6. The van der Waals surface area contributed by atoms with Gasteiger partial charge in [-0.15, -0.1) is 0 Å². The zero-order chi connectivity index (χ0) is 13.9. The molecule has 1 aliphatic carbocycles. The lowest BCUT2D eigenvalue weighted by Gasteiger charge is -2.28. The van der Waals surface area contributed by atoms with Crippen molar-refractivity contribution in [1.82, 2.24) is 10.2 Å². The summed E-state index contributed by atoms with van der Waals surface area (Å²) in [5.41, 5.74) is 0. The molecule has 0 saturated heterocycles. The standard InChI is InChI=1S/C13H24N2O3/c1-8(2)7-9(3)15(4)13(18)14-11(12(16)17)10-5-6-10/h8-11H,5-7H2,1-4H3,(H,14,18)(H,16,17). The lowest BCUT2D eigenvalue weighted by molar-refractivity contribution is -0.139. The van der Waals surface area contributed by atoms with Crippen molar-refractivity contribution in [3.05, 3.63) is 0 Å². The molecule has 0 aromatic rings. The van der Waals surface area contributed by atoms with Gasteiger partial charge in [0, 0.05) is 13.1 Å². The molecular formula is C13H24N2O3. The second kappa shape index (κ2) is 6.07. The topological polar surface area (TPSA) is 69.6 Å². The van der Waals surface area contributed by atoms with Crippen LogP contribution in [-0.4, -0.2) is 41.1 Å². The van der Waals surface area contributed by atoms with Crippen LogP contribution in [0.1, 0.15) is 40.0 Å². The number of carbonyl (C=O) groups is 2. The van der Waals surface area contributed by atoms with E-state index < -0.39 is 12.0 Å². The SMILES string of the molecule is CC(C)CC(C)N(C)C(=O)NC(C(=O)O)C1CC1. The second-order valence-electron chi connectivity index (χ2n) is 5.69. The van der Waals surface area contributed by atoms with Crippen molar-refractivity contribution in [2.45, 2.75) is 52.1 Å².